The molecule has 0 aliphatic heterocycles. The van der Waals surface area contributed by atoms with Crippen molar-refractivity contribution in [1.29, 1.82) is 0 Å². The number of carbonyl (C=O) groups excluding carboxylic acids is 2. The molecule has 8 heteroatoms. The van der Waals surface area contributed by atoms with Crippen LogP contribution in [0, 0.1) is 62.1 Å². The SMILES string of the molecule is CC(C)C1=C2C3CC[C@@H]4C5(C)CCC(COC(=O)CC(C)(C)C(=O)O)C(C)(C)[C@@H]5CC[C@@]4(C)[C@]3(C)CC[C@@]2(CCN(CCN(C)C)Cc2ccc(Cl)cc2)CC1=O. The summed E-state index contributed by atoms with van der Waals surface area (Å²) in [6, 6.07) is 8.29. The van der Waals surface area contributed by atoms with Gasteiger partial charge < -0.3 is 14.7 Å². The second-order valence-corrected chi connectivity index (χ2v) is 22.5. The first-order chi connectivity index (χ1) is 26.5. The molecule has 1 aromatic rings. The van der Waals surface area contributed by atoms with Crippen molar-refractivity contribution in [1.82, 2.24) is 9.80 Å². The van der Waals surface area contributed by atoms with E-state index < -0.39 is 17.4 Å². The fourth-order valence-corrected chi connectivity index (χ4v) is 14.1. The Morgan fingerprint density at radius 3 is 2.21 bits per heavy atom. The van der Waals surface area contributed by atoms with Crippen LogP contribution in [0.4, 0.5) is 0 Å². The normalized spacial score (nSPS) is 34.9. The van der Waals surface area contributed by atoms with Crippen LogP contribution in [0.3, 0.4) is 0 Å². The number of halogens is 1. The zero-order valence-electron chi connectivity index (χ0n) is 37.4. The molecule has 0 spiro atoms. The van der Waals surface area contributed by atoms with Gasteiger partial charge in [0.05, 0.1) is 18.4 Å². The number of carboxylic acid groups (broad SMARTS) is 1. The number of Topliss-reactive ketones (excluding diaryl/α,β-unsaturated/α-hetero) is 1. The van der Waals surface area contributed by atoms with Gasteiger partial charge >= 0.3 is 11.9 Å². The Balaban J connectivity index is 1.24. The summed E-state index contributed by atoms with van der Waals surface area (Å²) in [6.07, 6.45) is 10.7. The third-order valence-corrected chi connectivity index (χ3v) is 17.8. The van der Waals surface area contributed by atoms with E-state index in [-0.39, 0.29) is 45.3 Å². The summed E-state index contributed by atoms with van der Waals surface area (Å²) in [5.74, 6) is 1.05. The van der Waals surface area contributed by atoms with Gasteiger partial charge in [0.1, 0.15) is 0 Å². The Bertz CT molecular complexity index is 1720. The van der Waals surface area contributed by atoms with E-state index in [9.17, 15) is 19.5 Å². The van der Waals surface area contributed by atoms with Crippen LogP contribution in [0.25, 0.3) is 0 Å². The van der Waals surface area contributed by atoms with E-state index in [4.69, 9.17) is 16.3 Å². The molecule has 0 bridgehead atoms. The van der Waals surface area contributed by atoms with E-state index in [1.807, 2.05) is 12.1 Å². The molecule has 5 aliphatic rings. The van der Waals surface area contributed by atoms with E-state index >= 15 is 0 Å². The van der Waals surface area contributed by atoms with Crippen molar-refractivity contribution in [3.63, 3.8) is 0 Å². The Hall–Kier alpha value is -2.22. The molecule has 0 radical (unpaired) electrons. The van der Waals surface area contributed by atoms with Gasteiger partial charge in [-0.1, -0.05) is 77.8 Å². The molecule has 7 nitrogen and oxygen atoms in total. The Kier molecular flexibility index (Phi) is 12.4. The van der Waals surface area contributed by atoms with Gasteiger partial charge in [0.15, 0.2) is 5.78 Å². The van der Waals surface area contributed by atoms with Gasteiger partial charge in [-0.05, 0) is 167 Å². The van der Waals surface area contributed by atoms with Crippen molar-refractivity contribution in [2.24, 2.45) is 62.1 Å². The van der Waals surface area contributed by atoms with E-state index in [1.54, 1.807) is 19.4 Å². The second kappa shape index (κ2) is 16.0. The molecule has 3 unspecified atom stereocenters. The summed E-state index contributed by atoms with van der Waals surface area (Å²) in [5, 5.41) is 10.3. The van der Waals surface area contributed by atoms with E-state index in [0.717, 1.165) is 63.3 Å². The average Bonchev–Trinajstić information content (AvgIpc) is 3.42. The predicted molar refractivity (Wildman–Crippen MR) is 230 cm³/mol. The quantitative estimate of drug-likeness (QED) is 0.187. The lowest BCUT2D eigenvalue weighted by Crippen LogP contribution is -2.65. The molecule has 0 aromatic heterocycles. The van der Waals surface area contributed by atoms with Crippen LogP contribution in [0.1, 0.15) is 139 Å². The zero-order valence-corrected chi connectivity index (χ0v) is 38.1. The Labute approximate surface area is 350 Å². The number of hydrogen-bond acceptors (Lipinski definition) is 6. The van der Waals surface area contributed by atoms with Crippen LogP contribution < -0.4 is 0 Å². The van der Waals surface area contributed by atoms with Crippen molar-refractivity contribution in [2.45, 2.75) is 139 Å². The molecule has 0 saturated heterocycles. The Morgan fingerprint density at radius 1 is 0.895 bits per heavy atom. The number of rotatable bonds is 14. The molecule has 5 aliphatic carbocycles. The lowest BCUT2D eigenvalue weighted by Gasteiger charge is -2.72. The van der Waals surface area contributed by atoms with Gasteiger partial charge in [-0.3, -0.25) is 19.3 Å². The minimum atomic E-state index is -1.14. The number of carbonyl (C=O) groups is 3. The van der Waals surface area contributed by atoms with Gasteiger partial charge in [0.25, 0.3) is 0 Å². The van der Waals surface area contributed by atoms with Crippen LogP contribution in [0.2, 0.25) is 5.02 Å². The minimum absolute atomic E-state index is 0.00786. The van der Waals surface area contributed by atoms with E-state index in [1.165, 1.54) is 36.8 Å². The van der Waals surface area contributed by atoms with Gasteiger partial charge in [-0.25, -0.2) is 0 Å². The second-order valence-electron chi connectivity index (χ2n) is 22.0. The number of fused-ring (bicyclic) bond motifs is 7. The van der Waals surface area contributed by atoms with Crippen LogP contribution >= 0.6 is 11.6 Å². The number of carboxylic acids is 1. The largest absolute Gasteiger partial charge is 0.481 e. The minimum Gasteiger partial charge on any atom is -0.481 e. The van der Waals surface area contributed by atoms with Crippen LogP contribution in [0.15, 0.2) is 35.4 Å². The third-order valence-electron chi connectivity index (χ3n) is 17.5. The smallest absolute Gasteiger partial charge is 0.309 e. The number of esters is 1. The van der Waals surface area contributed by atoms with Crippen molar-refractivity contribution < 1.29 is 24.2 Å². The molecule has 57 heavy (non-hydrogen) atoms. The number of likely N-dealkylation sites (N-methyl/N-ethyl adjacent to an activating group) is 1. The molecule has 0 heterocycles. The van der Waals surface area contributed by atoms with Crippen LogP contribution in [0.5, 0.6) is 0 Å². The van der Waals surface area contributed by atoms with E-state index in [2.05, 4.69) is 84.5 Å². The molecule has 4 saturated carbocycles. The zero-order chi connectivity index (χ0) is 41.9. The van der Waals surface area contributed by atoms with Crippen molar-refractivity contribution in [3.8, 4) is 0 Å². The summed E-state index contributed by atoms with van der Waals surface area (Å²) in [4.78, 5) is 43.7. The highest BCUT2D eigenvalue weighted by molar-refractivity contribution is 6.30. The first-order valence-corrected chi connectivity index (χ1v) is 22.7. The van der Waals surface area contributed by atoms with Gasteiger partial charge in [-0.2, -0.15) is 0 Å². The summed E-state index contributed by atoms with van der Waals surface area (Å²) < 4.78 is 5.86. The fraction of sp³-hybridized carbons (Fsp3) is 0.776. The summed E-state index contributed by atoms with van der Waals surface area (Å²) in [6.45, 7) is 24.6. The summed E-state index contributed by atoms with van der Waals surface area (Å²) in [5.41, 5.74) is 3.29. The lowest BCUT2D eigenvalue weighted by atomic mass is 9.32. The molecule has 8 atom stereocenters. The molecular weight excluding hydrogens is 732 g/mol. The van der Waals surface area contributed by atoms with Crippen LogP contribution in [-0.2, 0) is 25.7 Å². The summed E-state index contributed by atoms with van der Waals surface area (Å²) in [7, 11) is 4.29. The average molecular weight is 808 g/mol. The molecular formula is C49H75ClN2O5. The number of allylic oxidation sites excluding steroid dienone is 2. The summed E-state index contributed by atoms with van der Waals surface area (Å²) >= 11 is 6.26. The number of aliphatic carboxylic acids is 1. The topological polar surface area (TPSA) is 87.2 Å². The molecule has 0 amide bonds. The van der Waals surface area contributed by atoms with Crippen molar-refractivity contribution >= 4 is 29.3 Å². The molecule has 318 valence electrons. The predicted octanol–water partition coefficient (Wildman–Crippen LogP) is 10.7. The molecule has 4 fully saturated rings. The van der Waals surface area contributed by atoms with Crippen molar-refractivity contribution in [2.75, 3.05) is 40.3 Å². The fourth-order valence-electron chi connectivity index (χ4n) is 13.9. The maximum absolute atomic E-state index is 14.3. The standard InChI is InChI=1S/C49H75ClN2O5/c1-32(2)41-37(53)28-49(24-25-52(27-26-51(10)11)30-33-12-14-35(50)15-13-33)23-22-47(8)36(42(41)49)16-17-39-46(7)20-18-34(31-57-40(54)29-44(3,4)43(55)56)45(5,6)38(46)19-21-48(39,47)9/h12-15,32,34,36,38-39H,16-31H2,1-11H3,(H,55,56)/t34?,36?,38-,39+,46?,47+,48+,49+/m0/s1. The highest BCUT2D eigenvalue weighted by Gasteiger charge is 2.69. The van der Waals surface area contributed by atoms with Gasteiger partial charge in [0, 0.05) is 36.5 Å². The number of nitrogens with zero attached hydrogens (tertiary/aromatic N) is 2. The highest BCUT2D eigenvalue weighted by Crippen LogP contribution is 2.77. The first-order valence-electron chi connectivity index (χ1n) is 22.3. The molecule has 1 aromatic carbocycles. The van der Waals surface area contributed by atoms with E-state index in [0.29, 0.717) is 36.6 Å². The molecule has 1 N–H and O–H groups in total. The van der Waals surface area contributed by atoms with Crippen LogP contribution in [-0.4, -0.2) is 73.0 Å². The third kappa shape index (κ3) is 7.94. The van der Waals surface area contributed by atoms with Gasteiger partial charge in [-0.15, -0.1) is 0 Å². The van der Waals surface area contributed by atoms with Gasteiger partial charge in [0.2, 0.25) is 0 Å². The lowest BCUT2D eigenvalue weighted by molar-refractivity contribution is -0.224. The number of ketones is 1. The monoisotopic (exact) mass is 807 g/mol. The highest BCUT2D eigenvalue weighted by atomic mass is 35.5. The first kappa shape index (κ1) is 44.3. The van der Waals surface area contributed by atoms with Crippen molar-refractivity contribution in [3.05, 3.63) is 46.0 Å². The number of benzene rings is 1. The Morgan fingerprint density at radius 2 is 1.58 bits per heavy atom. The maximum atomic E-state index is 14.3. The number of ether oxygens (including phenoxy) is 1. The maximum Gasteiger partial charge on any atom is 0.309 e. The number of hydrogen-bond donors (Lipinski definition) is 1. The molecule has 6 rings (SSSR count).